The van der Waals surface area contributed by atoms with Gasteiger partial charge in [-0.1, -0.05) is 50.2 Å². The van der Waals surface area contributed by atoms with Gasteiger partial charge < -0.3 is 4.74 Å². The highest BCUT2D eigenvalue weighted by Gasteiger charge is 2.20. The number of aromatic nitrogens is 2. The van der Waals surface area contributed by atoms with Crippen LogP contribution >= 0.6 is 0 Å². The second-order valence-corrected chi connectivity index (χ2v) is 10.2. The van der Waals surface area contributed by atoms with Gasteiger partial charge in [0.05, 0.1) is 23.7 Å². The average molecular weight is 478 g/mol. The monoisotopic (exact) mass is 477 g/mol. The Morgan fingerprint density at radius 3 is 2.17 bits per heavy atom. The van der Waals surface area contributed by atoms with Crippen LogP contribution in [0.4, 0.5) is 0 Å². The highest BCUT2D eigenvalue weighted by molar-refractivity contribution is 5.97. The standard InChI is InChI=1S/C32H35N3O/c1-22(2)16-18-35(23(3)19-24-15-17-33-30-14-13-25(36-4)20-28(24)30)21-29-26-9-5-7-11-31(26)34-32-12-8-6-10-27(29)32/h5-15,17,20,22-23H,16,18-19,21H2,1-4H3. The largest absolute Gasteiger partial charge is 0.497 e. The molecule has 0 aliphatic heterocycles. The Labute approximate surface area is 213 Å². The summed E-state index contributed by atoms with van der Waals surface area (Å²) in [6, 6.07) is 25.8. The summed E-state index contributed by atoms with van der Waals surface area (Å²) in [5.74, 6) is 1.52. The highest BCUT2D eigenvalue weighted by Crippen LogP contribution is 2.29. The summed E-state index contributed by atoms with van der Waals surface area (Å²) in [5.41, 5.74) is 5.82. The Morgan fingerprint density at radius 2 is 1.50 bits per heavy atom. The molecule has 4 nitrogen and oxygen atoms in total. The normalized spacial score (nSPS) is 12.7. The molecule has 4 heteroatoms. The topological polar surface area (TPSA) is 38.2 Å². The van der Waals surface area contributed by atoms with Crippen LogP contribution in [0.15, 0.2) is 79.0 Å². The SMILES string of the molecule is COc1ccc2nccc(CC(C)N(CCC(C)C)Cc3c4ccccc4nc4ccccc34)c2c1. The number of ether oxygens (including phenoxy) is 1. The highest BCUT2D eigenvalue weighted by atomic mass is 16.5. The van der Waals surface area contributed by atoms with E-state index in [2.05, 4.69) is 91.3 Å². The molecule has 0 fully saturated rings. The van der Waals surface area contributed by atoms with Crippen LogP contribution in [0.5, 0.6) is 5.75 Å². The van der Waals surface area contributed by atoms with Gasteiger partial charge in [-0.3, -0.25) is 9.88 Å². The third kappa shape index (κ3) is 5.05. The molecule has 2 aromatic heterocycles. The lowest BCUT2D eigenvalue weighted by Gasteiger charge is -2.31. The Kier molecular flexibility index (Phi) is 7.15. The van der Waals surface area contributed by atoms with Crippen LogP contribution in [-0.2, 0) is 13.0 Å². The first kappa shape index (κ1) is 24.2. The fourth-order valence-corrected chi connectivity index (χ4v) is 5.11. The molecular formula is C32H35N3O. The van der Waals surface area contributed by atoms with Crippen molar-refractivity contribution in [3.8, 4) is 5.75 Å². The minimum atomic E-state index is 0.353. The van der Waals surface area contributed by atoms with Crippen molar-refractivity contribution in [2.24, 2.45) is 5.92 Å². The molecule has 0 saturated carbocycles. The van der Waals surface area contributed by atoms with E-state index in [9.17, 15) is 0 Å². The van der Waals surface area contributed by atoms with Crippen LogP contribution in [0.3, 0.4) is 0 Å². The van der Waals surface area contributed by atoms with Crippen molar-refractivity contribution in [1.82, 2.24) is 14.9 Å². The lowest BCUT2D eigenvalue weighted by atomic mass is 9.98. The number of hydrogen-bond donors (Lipinski definition) is 0. The number of benzene rings is 3. The maximum atomic E-state index is 5.51. The minimum absolute atomic E-state index is 0.353. The first-order valence-corrected chi connectivity index (χ1v) is 13.0. The van der Waals surface area contributed by atoms with Crippen LogP contribution in [-0.4, -0.2) is 34.6 Å². The molecule has 0 bridgehead atoms. The molecule has 0 radical (unpaired) electrons. The summed E-state index contributed by atoms with van der Waals surface area (Å²) in [4.78, 5) is 12.2. The molecule has 1 unspecified atom stereocenters. The van der Waals surface area contributed by atoms with Crippen LogP contribution < -0.4 is 4.74 Å². The average Bonchev–Trinajstić information content (AvgIpc) is 2.90. The third-order valence-corrected chi connectivity index (χ3v) is 7.23. The van der Waals surface area contributed by atoms with E-state index in [4.69, 9.17) is 9.72 Å². The van der Waals surface area contributed by atoms with E-state index in [0.29, 0.717) is 12.0 Å². The first-order valence-electron chi connectivity index (χ1n) is 13.0. The Balaban J connectivity index is 1.53. The van der Waals surface area contributed by atoms with Crippen LogP contribution in [0.2, 0.25) is 0 Å². The smallest absolute Gasteiger partial charge is 0.119 e. The van der Waals surface area contributed by atoms with Crippen molar-refractivity contribution in [3.05, 3.63) is 90.1 Å². The predicted molar refractivity (Wildman–Crippen MR) is 151 cm³/mol. The summed E-state index contributed by atoms with van der Waals surface area (Å²) in [5, 5.41) is 3.67. The third-order valence-electron chi connectivity index (χ3n) is 7.23. The fourth-order valence-electron chi connectivity index (χ4n) is 5.11. The van der Waals surface area contributed by atoms with Crippen molar-refractivity contribution < 1.29 is 4.74 Å². The number of rotatable bonds is 9. The maximum Gasteiger partial charge on any atom is 0.119 e. The number of fused-ring (bicyclic) bond motifs is 3. The summed E-state index contributed by atoms with van der Waals surface area (Å²) in [7, 11) is 1.72. The predicted octanol–water partition coefficient (Wildman–Crippen LogP) is 7.42. The Morgan fingerprint density at radius 1 is 0.806 bits per heavy atom. The molecule has 1 atom stereocenters. The molecule has 0 aliphatic carbocycles. The number of methoxy groups -OCH3 is 1. The fraction of sp³-hybridized carbons (Fsp3) is 0.312. The summed E-state index contributed by atoms with van der Waals surface area (Å²) < 4.78 is 5.51. The zero-order chi connectivity index (χ0) is 25.1. The van der Waals surface area contributed by atoms with Crippen molar-refractivity contribution in [1.29, 1.82) is 0 Å². The molecule has 184 valence electrons. The van der Waals surface area contributed by atoms with E-state index in [1.165, 1.54) is 27.3 Å². The van der Waals surface area contributed by atoms with Gasteiger partial charge in [0.25, 0.3) is 0 Å². The van der Waals surface area contributed by atoms with Crippen molar-refractivity contribution >= 4 is 32.7 Å². The molecule has 5 rings (SSSR count). The zero-order valence-corrected chi connectivity index (χ0v) is 21.7. The van der Waals surface area contributed by atoms with E-state index in [1.807, 2.05) is 18.3 Å². The van der Waals surface area contributed by atoms with Crippen LogP contribution in [0.1, 0.15) is 38.3 Å². The molecule has 36 heavy (non-hydrogen) atoms. The van der Waals surface area contributed by atoms with Gasteiger partial charge in [0, 0.05) is 34.9 Å². The van der Waals surface area contributed by atoms with Gasteiger partial charge in [-0.05, 0) is 79.8 Å². The molecule has 3 aromatic carbocycles. The first-order chi connectivity index (χ1) is 17.5. The van der Waals surface area contributed by atoms with E-state index < -0.39 is 0 Å². The minimum Gasteiger partial charge on any atom is -0.497 e. The van der Waals surface area contributed by atoms with Crippen molar-refractivity contribution in [3.63, 3.8) is 0 Å². The van der Waals surface area contributed by atoms with Gasteiger partial charge in [-0.15, -0.1) is 0 Å². The Hall–Kier alpha value is -3.50. The molecule has 0 amide bonds. The molecular weight excluding hydrogens is 442 g/mol. The molecule has 0 saturated heterocycles. The second kappa shape index (κ2) is 10.6. The molecule has 0 aliphatic rings. The quantitative estimate of drug-likeness (QED) is 0.207. The lowest BCUT2D eigenvalue weighted by Crippen LogP contribution is -2.35. The maximum absolute atomic E-state index is 5.51. The van der Waals surface area contributed by atoms with Gasteiger partial charge in [0.1, 0.15) is 5.75 Å². The van der Waals surface area contributed by atoms with E-state index in [-0.39, 0.29) is 0 Å². The number of hydrogen-bond acceptors (Lipinski definition) is 4. The second-order valence-electron chi connectivity index (χ2n) is 10.2. The van der Waals surface area contributed by atoms with Crippen LogP contribution in [0, 0.1) is 5.92 Å². The van der Waals surface area contributed by atoms with Crippen LogP contribution in [0.25, 0.3) is 32.7 Å². The molecule has 0 spiro atoms. The molecule has 5 aromatic rings. The number of nitrogens with zero attached hydrogens (tertiary/aromatic N) is 3. The number of para-hydroxylation sites is 2. The van der Waals surface area contributed by atoms with Crippen molar-refractivity contribution in [2.45, 2.75) is 46.2 Å². The van der Waals surface area contributed by atoms with Gasteiger partial charge in [0.15, 0.2) is 0 Å². The van der Waals surface area contributed by atoms with E-state index >= 15 is 0 Å². The van der Waals surface area contributed by atoms with E-state index in [1.54, 1.807) is 7.11 Å². The van der Waals surface area contributed by atoms with Crippen molar-refractivity contribution in [2.75, 3.05) is 13.7 Å². The Bertz CT molecular complexity index is 1440. The summed E-state index contributed by atoms with van der Waals surface area (Å²) in [6.07, 6.45) is 4.04. The lowest BCUT2D eigenvalue weighted by molar-refractivity contribution is 0.189. The zero-order valence-electron chi connectivity index (χ0n) is 21.7. The molecule has 2 heterocycles. The number of pyridine rings is 2. The van der Waals surface area contributed by atoms with Gasteiger partial charge in [-0.2, -0.15) is 0 Å². The van der Waals surface area contributed by atoms with Gasteiger partial charge in [-0.25, -0.2) is 4.98 Å². The summed E-state index contributed by atoms with van der Waals surface area (Å²) in [6.45, 7) is 8.92. The van der Waals surface area contributed by atoms with Gasteiger partial charge >= 0.3 is 0 Å². The van der Waals surface area contributed by atoms with E-state index in [0.717, 1.165) is 48.2 Å². The summed E-state index contributed by atoms with van der Waals surface area (Å²) >= 11 is 0. The molecule has 0 N–H and O–H groups in total. The van der Waals surface area contributed by atoms with Gasteiger partial charge in [0.2, 0.25) is 0 Å².